The van der Waals surface area contributed by atoms with Crippen molar-refractivity contribution in [3.63, 3.8) is 0 Å². The van der Waals surface area contributed by atoms with Gasteiger partial charge >= 0.3 is 0 Å². The summed E-state index contributed by atoms with van der Waals surface area (Å²) >= 11 is 0. The molecule has 1 aliphatic rings. The maximum atomic E-state index is 14.3. The predicted molar refractivity (Wildman–Crippen MR) is 79.7 cm³/mol. The SMILES string of the molecule is CCC(C)(C(=O)c1c(C)cc(C)cc1F)N1CCCC1. The number of benzene rings is 1. The average molecular weight is 277 g/mol. The first-order valence-electron chi connectivity index (χ1n) is 7.46. The standard InChI is InChI=1S/C17H24FNO/c1-5-17(4,19-8-6-7-9-19)16(20)15-13(3)10-12(2)11-14(15)18/h10-11H,5-9H2,1-4H3. The number of halogens is 1. The lowest BCUT2D eigenvalue weighted by Gasteiger charge is -2.37. The Labute approximate surface area is 121 Å². The van der Waals surface area contributed by atoms with Gasteiger partial charge in [-0.2, -0.15) is 0 Å². The number of nitrogens with zero attached hydrogens (tertiary/aromatic N) is 1. The van der Waals surface area contributed by atoms with E-state index in [1.165, 1.54) is 6.07 Å². The van der Waals surface area contributed by atoms with Gasteiger partial charge in [-0.05, 0) is 70.3 Å². The van der Waals surface area contributed by atoms with E-state index in [1.54, 1.807) is 0 Å². The van der Waals surface area contributed by atoms with Crippen LogP contribution in [0.2, 0.25) is 0 Å². The molecule has 1 saturated heterocycles. The highest BCUT2D eigenvalue weighted by atomic mass is 19.1. The highest BCUT2D eigenvalue weighted by Crippen LogP contribution is 2.30. The molecule has 0 saturated carbocycles. The molecule has 0 aromatic heterocycles. The van der Waals surface area contributed by atoms with E-state index in [9.17, 15) is 9.18 Å². The number of likely N-dealkylation sites (tertiary alicyclic amines) is 1. The number of rotatable bonds is 4. The number of hydrogen-bond acceptors (Lipinski definition) is 2. The topological polar surface area (TPSA) is 20.3 Å². The smallest absolute Gasteiger partial charge is 0.185 e. The fraction of sp³-hybridized carbons (Fsp3) is 0.588. The minimum Gasteiger partial charge on any atom is -0.292 e. The van der Waals surface area contributed by atoms with Crippen molar-refractivity contribution >= 4 is 5.78 Å². The number of carbonyl (C=O) groups excluding carboxylic acids is 1. The van der Waals surface area contributed by atoms with E-state index in [0.29, 0.717) is 6.42 Å². The molecular formula is C17H24FNO. The molecule has 1 aliphatic heterocycles. The summed E-state index contributed by atoms with van der Waals surface area (Å²) in [5.41, 5.74) is 1.28. The third kappa shape index (κ3) is 2.51. The zero-order chi connectivity index (χ0) is 14.9. The predicted octanol–water partition coefficient (Wildman–Crippen LogP) is 3.89. The third-order valence-corrected chi connectivity index (χ3v) is 4.64. The first kappa shape index (κ1) is 15.2. The second-order valence-corrected chi connectivity index (χ2v) is 6.09. The van der Waals surface area contributed by atoms with Crippen molar-refractivity contribution in [2.24, 2.45) is 0 Å². The Balaban J connectivity index is 2.43. The van der Waals surface area contributed by atoms with E-state index in [2.05, 4.69) is 4.90 Å². The van der Waals surface area contributed by atoms with Crippen LogP contribution < -0.4 is 0 Å². The summed E-state index contributed by atoms with van der Waals surface area (Å²) in [4.78, 5) is 15.2. The van der Waals surface area contributed by atoms with Crippen molar-refractivity contribution < 1.29 is 9.18 Å². The second-order valence-electron chi connectivity index (χ2n) is 6.09. The quantitative estimate of drug-likeness (QED) is 0.778. The Bertz CT molecular complexity index is 497. The Hall–Kier alpha value is -1.22. The Kier molecular flexibility index (Phi) is 4.28. The Morgan fingerprint density at radius 3 is 2.40 bits per heavy atom. The summed E-state index contributed by atoms with van der Waals surface area (Å²) < 4.78 is 14.3. The number of Topliss-reactive ketones (excluding diaryl/α,β-unsaturated/α-hetero) is 1. The van der Waals surface area contributed by atoms with E-state index in [0.717, 1.165) is 37.1 Å². The average Bonchev–Trinajstić information content (AvgIpc) is 2.90. The van der Waals surface area contributed by atoms with Crippen LogP contribution >= 0.6 is 0 Å². The van der Waals surface area contributed by atoms with E-state index >= 15 is 0 Å². The molecule has 20 heavy (non-hydrogen) atoms. The molecule has 1 aromatic rings. The third-order valence-electron chi connectivity index (χ3n) is 4.64. The summed E-state index contributed by atoms with van der Waals surface area (Å²) in [7, 11) is 0. The van der Waals surface area contributed by atoms with E-state index in [-0.39, 0.29) is 17.2 Å². The fourth-order valence-electron chi connectivity index (χ4n) is 3.21. The highest BCUT2D eigenvalue weighted by molar-refractivity contribution is 6.04. The summed E-state index contributed by atoms with van der Waals surface area (Å²) in [5.74, 6) is -0.455. The van der Waals surface area contributed by atoms with E-state index in [1.807, 2.05) is 33.8 Å². The van der Waals surface area contributed by atoms with Gasteiger partial charge in [0, 0.05) is 0 Å². The van der Waals surface area contributed by atoms with Crippen molar-refractivity contribution in [2.45, 2.75) is 52.5 Å². The molecule has 0 radical (unpaired) electrons. The van der Waals surface area contributed by atoms with Gasteiger partial charge in [-0.25, -0.2) is 4.39 Å². The highest BCUT2D eigenvalue weighted by Gasteiger charge is 2.40. The van der Waals surface area contributed by atoms with Crippen molar-refractivity contribution in [3.8, 4) is 0 Å². The molecule has 3 heteroatoms. The normalized spacial score (nSPS) is 19.1. The maximum Gasteiger partial charge on any atom is 0.185 e. The monoisotopic (exact) mass is 277 g/mol. The molecular weight excluding hydrogens is 253 g/mol. The number of carbonyl (C=O) groups is 1. The first-order chi connectivity index (χ1) is 9.40. The molecule has 1 heterocycles. The summed E-state index contributed by atoms with van der Waals surface area (Å²) in [6.45, 7) is 9.51. The lowest BCUT2D eigenvalue weighted by atomic mass is 9.84. The van der Waals surface area contributed by atoms with Gasteiger partial charge in [-0.15, -0.1) is 0 Å². The summed E-state index contributed by atoms with van der Waals surface area (Å²) in [6.07, 6.45) is 2.95. The van der Waals surface area contributed by atoms with E-state index < -0.39 is 5.54 Å². The molecule has 0 amide bonds. The van der Waals surface area contributed by atoms with Crippen LogP contribution in [-0.4, -0.2) is 29.3 Å². The fourth-order valence-corrected chi connectivity index (χ4v) is 3.21. The van der Waals surface area contributed by atoms with Crippen molar-refractivity contribution in [1.82, 2.24) is 4.90 Å². The Morgan fingerprint density at radius 2 is 1.90 bits per heavy atom. The van der Waals surface area contributed by atoms with Gasteiger partial charge in [0.15, 0.2) is 5.78 Å². The number of hydrogen-bond donors (Lipinski definition) is 0. The lowest BCUT2D eigenvalue weighted by molar-refractivity contribution is 0.0642. The minimum absolute atomic E-state index is 0.0723. The van der Waals surface area contributed by atoms with Gasteiger partial charge in [-0.1, -0.05) is 13.0 Å². The molecule has 0 spiro atoms. The van der Waals surface area contributed by atoms with Crippen LogP contribution in [-0.2, 0) is 0 Å². The minimum atomic E-state index is -0.586. The maximum absolute atomic E-state index is 14.3. The van der Waals surface area contributed by atoms with Crippen LogP contribution in [0, 0.1) is 19.7 Å². The van der Waals surface area contributed by atoms with Crippen LogP contribution in [0.1, 0.15) is 54.6 Å². The molecule has 0 bridgehead atoms. The molecule has 1 atom stereocenters. The zero-order valence-corrected chi connectivity index (χ0v) is 12.9. The van der Waals surface area contributed by atoms with E-state index in [4.69, 9.17) is 0 Å². The number of ketones is 1. The van der Waals surface area contributed by atoms with Crippen molar-refractivity contribution in [1.29, 1.82) is 0 Å². The van der Waals surface area contributed by atoms with Crippen LogP contribution in [0.15, 0.2) is 12.1 Å². The van der Waals surface area contributed by atoms with Crippen LogP contribution in [0.5, 0.6) is 0 Å². The largest absolute Gasteiger partial charge is 0.292 e. The molecule has 1 fully saturated rings. The molecule has 1 unspecified atom stereocenters. The Morgan fingerprint density at radius 1 is 1.30 bits per heavy atom. The van der Waals surface area contributed by atoms with Gasteiger partial charge in [0.2, 0.25) is 0 Å². The second kappa shape index (κ2) is 5.65. The van der Waals surface area contributed by atoms with Crippen LogP contribution in [0.3, 0.4) is 0 Å². The van der Waals surface area contributed by atoms with Crippen molar-refractivity contribution in [2.75, 3.05) is 13.1 Å². The molecule has 1 aromatic carbocycles. The zero-order valence-electron chi connectivity index (χ0n) is 12.9. The number of aryl methyl sites for hydroxylation is 2. The molecule has 2 rings (SSSR count). The lowest BCUT2D eigenvalue weighted by Crippen LogP contribution is -2.51. The summed E-state index contributed by atoms with van der Waals surface area (Å²) in [5, 5.41) is 0. The van der Waals surface area contributed by atoms with Gasteiger partial charge < -0.3 is 0 Å². The van der Waals surface area contributed by atoms with Gasteiger partial charge in [0.1, 0.15) is 5.82 Å². The van der Waals surface area contributed by atoms with Gasteiger partial charge in [-0.3, -0.25) is 9.69 Å². The van der Waals surface area contributed by atoms with Crippen LogP contribution in [0.25, 0.3) is 0 Å². The molecule has 2 nitrogen and oxygen atoms in total. The van der Waals surface area contributed by atoms with Crippen LogP contribution in [0.4, 0.5) is 4.39 Å². The first-order valence-corrected chi connectivity index (χ1v) is 7.46. The summed E-state index contributed by atoms with van der Waals surface area (Å²) in [6, 6.07) is 3.34. The molecule has 0 aliphatic carbocycles. The van der Waals surface area contributed by atoms with Crippen molar-refractivity contribution in [3.05, 3.63) is 34.6 Å². The molecule has 0 N–H and O–H groups in total. The molecule has 110 valence electrons. The van der Waals surface area contributed by atoms with Gasteiger partial charge in [0.25, 0.3) is 0 Å². The van der Waals surface area contributed by atoms with Gasteiger partial charge in [0.05, 0.1) is 11.1 Å².